The maximum absolute atomic E-state index is 6.20. The Kier molecular flexibility index (Phi) is 2.93. The van der Waals surface area contributed by atoms with Crippen LogP contribution in [0.25, 0.3) is 0 Å². The van der Waals surface area contributed by atoms with Gasteiger partial charge in [0.2, 0.25) is 0 Å². The molecule has 0 saturated heterocycles. The molecule has 94 valence electrons. The van der Waals surface area contributed by atoms with Crippen LogP contribution in [0, 0.1) is 0 Å². The van der Waals surface area contributed by atoms with Crippen molar-refractivity contribution in [1.29, 1.82) is 0 Å². The van der Waals surface area contributed by atoms with Gasteiger partial charge in [-0.1, -0.05) is 6.07 Å². The minimum Gasteiger partial charge on any atom is -0.497 e. The monoisotopic (exact) mass is 262 g/mol. The smallest absolute Gasteiger partial charge is 0.136 e. The van der Waals surface area contributed by atoms with Crippen LogP contribution in [-0.2, 0) is 0 Å². The highest BCUT2D eigenvalue weighted by Gasteiger charge is 2.28. The fourth-order valence-corrected chi connectivity index (χ4v) is 2.83. The highest BCUT2D eigenvalue weighted by molar-refractivity contribution is 7.09. The molecule has 2 atom stereocenters. The molecule has 0 saturated carbocycles. The molecule has 0 spiro atoms. The number of rotatable bonds is 2. The Labute approximate surface area is 109 Å². The van der Waals surface area contributed by atoms with E-state index in [1.165, 1.54) is 0 Å². The molecule has 2 aromatic rings. The fraction of sp³-hybridized carbons (Fsp3) is 0.308. The number of nitrogens with two attached hydrogens (primary N) is 1. The van der Waals surface area contributed by atoms with Gasteiger partial charge in [-0.25, -0.2) is 0 Å². The summed E-state index contributed by atoms with van der Waals surface area (Å²) in [6, 6.07) is 5.77. The number of benzene rings is 1. The van der Waals surface area contributed by atoms with E-state index in [9.17, 15) is 0 Å². The van der Waals surface area contributed by atoms with Crippen LogP contribution in [0.1, 0.15) is 29.0 Å². The molecule has 2 heterocycles. The molecular formula is C13H14N2O2S. The molecule has 0 bridgehead atoms. The number of aromatic nitrogens is 1. The van der Waals surface area contributed by atoms with Gasteiger partial charge in [0.1, 0.15) is 17.6 Å². The normalized spacial score (nSPS) is 22.1. The summed E-state index contributed by atoms with van der Waals surface area (Å²) in [7, 11) is 1.64. The Bertz CT molecular complexity index is 542. The van der Waals surface area contributed by atoms with Gasteiger partial charge in [0, 0.05) is 30.3 Å². The van der Waals surface area contributed by atoms with Gasteiger partial charge >= 0.3 is 0 Å². The zero-order valence-electron chi connectivity index (χ0n) is 10.00. The SMILES string of the molecule is COc1ccc2c(c1)OC(c1cncs1)CC2N. The molecule has 1 aliphatic heterocycles. The third kappa shape index (κ3) is 1.95. The van der Waals surface area contributed by atoms with E-state index < -0.39 is 0 Å². The highest BCUT2D eigenvalue weighted by Crippen LogP contribution is 2.41. The van der Waals surface area contributed by atoms with Crippen LogP contribution in [-0.4, -0.2) is 12.1 Å². The van der Waals surface area contributed by atoms with Crippen LogP contribution >= 0.6 is 11.3 Å². The zero-order chi connectivity index (χ0) is 12.5. The molecule has 5 heteroatoms. The average Bonchev–Trinajstić information content (AvgIpc) is 2.91. The van der Waals surface area contributed by atoms with Crippen molar-refractivity contribution < 1.29 is 9.47 Å². The van der Waals surface area contributed by atoms with Crippen molar-refractivity contribution in [3.63, 3.8) is 0 Å². The molecule has 4 nitrogen and oxygen atoms in total. The average molecular weight is 262 g/mol. The number of ether oxygens (including phenoxy) is 2. The molecule has 0 aliphatic carbocycles. The second kappa shape index (κ2) is 4.59. The first-order chi connectivity index (χ1) is 8.78. The van der Waals surface area contributed by atoms with E-state index in [0.29, 0.717) is 0 Å². The third-order valence-electron chi connectivity index (χ3n) is 3.13. The highest BCUT2D eigenvalue weighted by atomic mass is 32.1. The topological polar surface area (TPSA) is 57.4 Å². The van der Waals surface area contributed by atoms with E-state index >= 15 is 0 Å². The van der Waals surface area contributed by atoms with Gasteiger partial charge in [0.05, 0.1) is 17.5 Å². The van der Waals surface area contributed by atoms with E-state index in [1.807, 2.05) is 29.9 Å². The summed E-state index contributed by atoms with van der Waals surface area (Å²) in [5, 5.41) is 0. The van der Waals surface area contributed by atoms with Crippen LogP contribution in [0.3, 0.4) is 0 Å². The molecule has 1 aromatic carbocycles. The first-order valence-corrected chi connectivity index (χ1v) is 6.64. The summed E-state index contributed by atoms with van der Waals surface area (Å²) in [6.45, 7) is 0. The van der Waals surface area contributed by atoms with Crippen molar-refractivity contribution in [2.75, 3.05) is 7.11 Å². The fourth-order valence-electron chi connectivity index (χ4n) is 2.17. The number of thiazole rings is 1. The van der Waals surface area contributed by atoms with Gasteiger partial charge in [-0.2, -0.15) is 0 Å². The van der Waals surface area contributed by atoms with Crippen LogP contribution in [0.5, 0.6) is 11.5 Å². The van der Waals surface area contributed by atoms with Crippen LogP contribution in [0.15, 0.2) is 29.9 Å². The lowest BCUT2D eigenvalue weighted by Gasteiger charge is -2.29. The van der Waals surface area contributed by atoms with Crippen molar-refractivity contribution in [1.82, 2.24) is 4.98 Å². The van der Waals surface area contributed by atoms with Crippen LogP contribution in [0.2, 0.25) is 0 Å². The summed E-state index contributed by atoms with van der Waals surface area (Å²) in [5.74, 6) is 1.59. The van der Waals surface area contributed by atoms with Gasteiger partial charge < -0.3 is 15.2 Å². The second-order valence-corrected chi connectivity index (χ2v) is 5.17. The Balaban J connectivity index is 1.95. The van der Waals surface area contributed by atoms with Gasteiger partial charge in [-0.15, -0.1) is 11.3 Å². The van der Waals surface area contributed by atoms with E-state index in [2.05, 4.69) is 4.98 Å². The first kappa shape index (κ1) is 11.5. The lowest BCUT2D eigenvalue weighted by Crippen LogP contribution is -2.23. The molecule has 2 N–H and O–H groups in total. The Morgan fingerprint density at radius 2 is 2.39 bits per heavy atom. The molecule has 1 aromatic heterocycles. The molecular weight excluding hydrogens is 248 g/mol. The second-order valence-electron chi connectivity index (χ2n) is 4.26. The Hall–Kier alpha value is -1.59. The lowest BCUT2D eigenvalue weighted by molar-refractivity contribution is 0.164. The van der Waals surface area contributed by atoms with E-state index in [-0.39, 0.29) is 12.1 Å². The zero-order valence-corrected chi connectivity index (χ0v) is 10.8. The van der Waals surface area contributed by atoms with Crippen molar-refractivity contribution >= 4 is 11.3 Å². The van der Waals surface area contributed by atoms with Gasteiger partial charge in [0.25, 0.3) is 0 Å². The van der Waals surface area contributed by atoms with Crippen molar-refractivity contribution in [2.24, 2.45) is 5.73 Å². The summed E-state index contributed by atoms with van der Waals surface area (Å²) in [4.78, 5) is 5.20. The maximum Gasteiger partial charge on any atom is 0.136 e. The third-order valence-corrected chi connectivity index (χ3v) is 3.99. The maximum atomic E-state index is 6.20. The summed E-state index contributed by atoms with van der Waals surface area (Å²) < 4.78 is 11.2. The Morgan fingerprint density at radius 1 is 1.50 bits per heavy atom. The number of hydrogen-bond acceptors (Lipinski definition) is 5. The van der Waals surface area contributed by atoms with E-state index in [4.69, 9.17) is 15.2 Å². The quantitative estimate of drug-likeness (QED) is 0.904. The molecule has 1 aliphatic rings. The van der Waals surface area contributed by atoms with Gasteiger partial charge in [0.15, 0.2) is 0 Å². The standard InChI is InChI=1S/C13H14N2O2S/c1-16-8-2-3-9-10(14)5-12(17-11(9)4-8)13-6-15-7-18-13/h2-4,6-7,10,12H,5,14H2,1H3. The number of fused-ring (bicyclic) bond motifs is 1. The molecule has 18 heavy (non-hydrogen) atoms. The Morgan fingerprint density at radius 3 is 3.11 bits per heavy atom. The van der Waals surface area contributed by atoms with Gasteiger partial charge in [-0.3, -0.25) is 4.98 Å². The van der Waals surface area contributed by atoms with Crippen LogP contribution < -0.4 is 15.2 Å². The van der Waals surface area contributed by atoms with Crippen LogP contribution in [0.4, 0.5) is 0 Å². The predicted octanol–water partition coefficient (Wildman–Crippen LogP) is 2.68. The number of nitrogens with zero attached hydrogens (tertiary/aromatic N) is 1. The molecule has 0 radical (unpaired) electrons. The molecule has 0 amide bonds. The summed E-state index contributed by atoms with van der Waals surface area (Å²) in [6.07, 6.45) is 2.61. The minimum atomic E-state index is -0.00763. The van der Waals surface area contributed by atoms with E-state index in [1.54, 1.807) is 18.4 Å². The molecule has 2 unspecified atom stereocenters. The van der Waals surface area contributed by atoms with Crippen molar-refractivity contribution in [3.8, 4) is 11.5 Å². The predicted molar refractivity (Wildman–Crippen MR) is 70.0 cm³/mol. The molecule has 3 rings (SSSR count). The number of hydrogen-bond donors (Lipinski definition) is 1. The van der Waals surface area contributed by atoms with Crippen molar-refractivity contribution in [2.45, 2.75) is 18.6 Å². The summed E-state index contributed by atoms with van der Waals surface area (Å²) in [5.41, 5.74) is 9.05. The lowest BCUT2D eigenvalue weighted by atomic mass is 9.96. The van der Waals surface area contributed by atoms with Gasteiger partial charge in [-0.05, 0) is 6.07 Å². The van der Waals surface area contributed by atoms with E-state index in [0.717, 1.165) is 28.4 Å². The first-order valence-electron chi connectivity index (χ1n) is 5.76. The minimum absolute atomic E-state index is 0.00731. The number of methoxy groups -OCH3 is 1. The largest absolute Gasteiger partial charge is 0.497 e. The summed E-state index contributed by atoms with van der Waals surface area (Å²) >= 11 is 1.59. The molecule has 0 fully saturated rings. The van der Waals surface area contributed by atoms with Crippen molar-refractivity contribution in [3.05, 3.63) is 40.3 Å².